The average molecular weight is 366 g/mol. The van der Waals surface area contributed by atoms with Crippen LogP contribution in [0.25, 0.3) is 0 Å². The molecule has 0 aliphatic rings. The Morgan fingerprint density at radius 3 is 2.42 bits per heavy atom. The van der Waals surface area contributed by atoms with Gasteiger partial charge < -0.3 is 30.2 Å². The molecule has 1 rings (SSSR count). The zero-order valence-electron chi connectivity index (χ0n) is 16.4. The minimum absolute atomic E-state index is 0.405. The van der Waals surface area contributed by atoms with Crippen LogP contribution in [-0.2, 0) is 4.74 Å². The molecule has 0 heterocycles. The molecule has 0 bridgehead atoms. The molecule has 0 aliphatic heterocycles. The molecule has 0 spiro atoms. The van der Waals surface area contributed by atoms with Gasteiger partial charge in [0, 0.05) is 31.9 Å². The maximum atomic E-state index is 11.6. The zero-order valence-corrected chi connectivity index (χ0v) is 16.4. The van der Waals surface area contributed by atoms with E-state index in [-0.39, 0.29) is 0 Å². The number of rotatable bonds is 7. The Kier molecular flexibility index (Phi) is 8.54. The van der Waals surface area contributed by atoms with Crippen LogP contribution < -0.4 is 25.4 Å². The SMILES string of the molecule is CCOc1ccc(NC(=NC)NCCNC(=O)OC(C)(C)C)cc1OC. The van der Waals surface area contributed by atoms with Crippen LogP contribution in [0.1, 0.15) is 27.7 Å². The molecule has 1 aromatic rings. The molecule has 0 saturated heterocycles. The van der Waals surface area contributed by atoms with Crippen LogP contribution in [0.2, 0.25) is 0 Å². The van der Waals surface area contributed by atoms with Crippen LogP contribution in [0.3, 0.4) is 0 Å². The molecule has 0 atom stereocenters. The van der Waals surface area contributed by atoms with Crippen molar-refractivity contribution in [1.29, 1.82) is 0 Å². The van der Waals surface area contributed by atoms with Gasteiger partial charge in [0.15, 0.2) is 17.5 Å². The highest BCUT2D eigenvalue weighted by molar-refractivity contribution is 5.93. The topological polar surface area (TPSA) is 93.2 Å². The Morgan fingerprint density at radius 2 is 1.85 bits per heavy atom. The minimum atomic E-state index is -0.512. The molecule has 0 saturated carbocycles. The largest absolute Gasteiger partial charge is 0.493 e. The van der Waals surface area contributed by atoms with Crippen molar-refractivity contribution in [2.45, 2.75) is 33.3 Å². The number of guanidine groups is 1. The van der Waals surface area contributed by atoms with E-state index in [4.69, 9.17) is 14.2 Å². The van der Waals surface area contributed by atoms with Gasteiger partial charge in [-0.3, -0.25) is 4.99 Å². The van der Waals surface area contributed by atoms with Crippen LogP contribution >= 0.6 is 0 Å². The van der Waals surface area contributed by atoms with Crippen LogP contribution in [0.15, 0.2) is 23.2 Å². The van der Waals surface area contributed by atoms with Crippen molar-refractivity contribution in [2.24, 2.45) is 4.99 Å². The fourth-order valence-corrected chi connectivity index (χ4v) is 2.00. The van der Waals surface area contributed by atoms with E-state index in [1.54, 1.807) is 14.2 Å². The summed E-state index contributed by atoms with van der Waals surface area (Å²) in [5.41, 5.74) is 0.292. The van der Waals surface area contributed by atoms with E-state index in [9.17, 15) is 4.79 Å². The number of carbonyl (C=O) groups excluding carboxylic acids is 1. The first-order valence-electron chi connectivity index (χ1n) is 8.54. The molecule has 146 valence electrons. The van der Waals surface area contributed by atoms with Crippen LogP contribution in [0.5, 0.6) is 11.5 Å². The normalized spacial score (nSPS) is 11.5. The van der Waals surface area contributed by atoms with Crippen LogP contribution in [0.4, 0.5) is 10.5 Å². The molecule has 8 nitrogen and oxygen atoms in total. The lowest BCUT2D eigenvalue weighted by atomic mass is 10.2. The van der Waals surface area contributed by atoms with Gasteiger partial charge >= 0.3 is 6.09 Å². The second-order valence-electron chi connectivity index (χ2n) is 6.35. The third kappa shape index (κ3) is 7.96. The summed E-state index contributed by atoms with van der Waals surface area (Å²) in [6, 6.07) is 5.54. The highest BCUT2D eigenvalue weighted by Crippen LogP contribution is 2.30. The van der Waals surface area contributed by atoms with E-state index < -0.39 is 11.7 Å². The van der Waals surface area contributed by atoms with Gasteiger partial charge in [0.05, 0.1) is 13.7 Å². The number of amides is 1. The first-order chi connectivity index (χ1) is 12.3. The van der Waals surface area contributed by atoms with Crippen molar-refractivity contribution in [3.05, 3.63) is 18.2 Å². The van der Waals surface area contributed by atoms with Gasteiger partial charge in [0.2, 0.25) is 0 Å². The van der Waals surface area contributed by atoms with Crippen molar-refractivity contribution >= 4 is 17.7 Å². The van der Waals surface area contributed by atoms with Gasteiger partial charge in [-0.25, -0.2) is 4.79 Å². The van der Waals surface area contributed by atoms with Crippen molar-refractivity contribution in [1.82, 2.24) is 10.6 Å². The molecule has 0 unspecified atom stereocenters. The number of ether oxygens (including phenoxy) is 3. The molecular formula is C18H30N4O4. The number of methoxy groups -OCH3 is 1. The van der Waals surface area contributed by atoms with Crippen molar-refractivity contribution in [3.63, 3.8) is 0 Å². The third-order valence-electron chi connectivity index (χ3n) is 3.04. The summed E-state index contributed by atoms with van der Waals surface area (Å²) in [6.07, 6.45) is -0.446. The molecule has 3 N–H and O–H groups in total. The lowest BCUT2D eigenvalue weighted by Crippen LogP contribution is -2.39. The summed E-state index contributed by atoms with van der Waals surface area (Å²) in [4.78, 5) is 15.7. The molecule has 8 heteroatoms. The quantitative estimate of drug-likeness (QED) is 0.390. The Morgan fingerprint density at radius 1 is 1.15 bits per heavy atom. The summed E-state index contributed by atoms with van der Waals surface area (Å²) < 4.78 is 16.0. The first kappa shape index (κ1) is 21.4. The van der Waals surface area contributed by atoms with Crippen LogP contribution in [0, 0.1) is 0 Å². The second-order valence-corrected chi connectivity index (χ2v) is 6.35. The van der Waals surface area contributed by atoms with E-state index in [0.29, 0.717) is 37.2 Å². The van der Waals surface area contributed by atoms with E-state index in [2.05, 4.69) is 20.9 Å². The standard InChI is InChI=1S/C18H30N4O4/c1-7-25-14-9-8-13(12-15(14)24-6)22-16(19-5)20-10-11-21-17(23)26-18(2,3)4/h8-9,12H,7,10-11H2,1-6H3,(H,21,23)(H2,19,20,22). The first-order valence-corrected chi connectivity index (χ1v) is 8.54. The zero-order chi connectivity index (χ0) is 19.6. The summed E-state index contributed by atoms with van der Waals surface area (Å²) in [5.74, 6) is 1.89. The maximum Gasteiger partial charge on any atom is 0.407 e. The number of aliphatic imine (C=N–C) groups is 1. The highest BCUT2D eigenvalue weighted by atomic mass is 16.6. The Labute approximate surface area is 155 Å². The molecule has 26 heavy (non-hydrogen) atoms. The number of alkyl carbamates (subject to hydrolysis) is 1. The van der Waals surface area contributed by atoms with E-state index in [1.165, 1.54) is 0 Å². The highest BCUT2D eigenvalue weighted by Gasteiger charge is 2.15. The second kappa shape index (κ2) is 10.4. The number of carbonyl (C=O) groups is 1. The Balaban J connectivity index is 2.49. The number of nitrogens with one attached hydrogen (secondary N) is 3. The lowest BCUT2D eigenvalue weighted by molar-refractivity contribution is 0.0529. The molecule has 0 radical (unpaired) electrons. The monoisotopic (exact) mass is 366 g/mol. The van der Waals surface area contributed by atoms with Gasteiger partial charge in [0.1, 0.15) is 5.60 Å². The predicted octanol–water partition coefficient (Wildman–Crippen LogP) is 2.61. The van der Waals surface area contributed by atoms with Crippen molar-refractivity contribution < 1.29 is 19.0 Å². The van der Waals surface area contributed by atoms with E-state index >= 15 is 0 Å². The van der Waals surface area contributed by atoms with Gasteiger partial charge in [-0.1, -0.05) is 0 Å². The number of anilines is 1. The summed E-state index contributed by atoms with van der Waals surface area (Å²) in [7, 11) is 3.26. The van der Waals surface area contributed by atoms with E-state index in [1.807, 2.05) is 45.9 Å². The lowest BCUT2D eigenvalue weighted by Gasteiger charge is -2.20. The molecule has 0 aromatic heterocycles. The minimum Gasteiger partial charge on any atom is -0.493 e. The summed E-state index contributed by atoms with van der Waals surface area (Å²) in [6.45, 7) is 8.85. The number of nitrogens with zero attached hydrogens (tertiary/aromatic N) is 1. The van der Waals surface area contributed by atoms with Gasteiger partial charge in [0.25, 0.3) is 0 Å². The number of hydrogen-bond acceptors (Lipinski definition) is 5. The third-order valence-corrected chi connectivity index (χ3v) is 3.04. The summed E-state index contributed by atoms with van der Waals surface area (Å²) >= 11 is 0. The molecular weight excluding hydrogens is 336 g/mol. The molecule has 1 amide bonds. The van der Waals surface area contributed by atoms with Gasteiger partial charge in [-0.05, 0) is 39.8 Å². The Hall–Kier alpha value is -2.64. The molecule has 0 aliphatic carbocycles. The number of hydrogen-bond donors (Lipinski definition) is 3. The maximum absolute atomic E-state index is 11.6. The van der Waals surface area contributed by atoms with Crippen molar-refractivity contribution in [2.75, 3.05) is 39.2 Å². The smallest absolute Gasteiger partial charge is 0.407 e. The fourth-order valence-electron chi connectivity index (χ4n) is 2.00. The Bertz CT molecular complexity index is 612. The molecule has 1 aromatic carbocycles. The van der Waals surface area contributed by atoms with Crippen LogP contribution in [-0.4, -0.2) is 51.5 Å². The summed E-state index contributed by atoms with van der Waals surface area (Å²) in [5, 5.41) is 8.95. The predicted molar refractivity (Wildman–Crippen MR) is 103 cm³/mol. The fraction of sp³-hybridized carbons (Fsp3) is 0.556. The van der Waals surface area contributed by atoms with Gasteiger partial charge in [-0.15, -0.1) is 0 Å². The number of benzene rings is 1. The van der Waals surface area contributed by atoms with Crippen molar-refractivity contribution in [3.8, 4) is 11.5 Å². The molecule has 0 fully saturated rings. The van der Waals surface area contributed by atoms with E-state index in [0.717, 1.165) is 5.69 Å². The average Bonchev–Trinajstić information content (AvgIpc) is 2.57. The van der Waals surface area contributed by atoms with Gasteiger partial charge in [-0.2, -0.15) is 0 Å².